The average Bonchev–Trinajstić information content (AvgIpc) is 3.40. The van der Waals surface area contributed by atoms with Gasteiger partial charge in [-0.15, -0.1) is 0 Å². The lowest BCUT2D eigenvalue weighted by molar-refractivity contribution is -0.141. The number of aromatic nitrogens is 4. The van der Waals surface area contributed by atoms with E-state index in [0.717, 1.165) is 47.5 Å². The van der Waals surface area contributed by atoms with Gasteiger partial charge >= 0.3 is 0 Å². The largest absolute Gasteiger partial charge is 0.439 e. The van der Waals surface area contributed by atoms with Gasteiger partial charge in [-0.3, -0.25) is 19.8 Å². The minimum atomic E-state index is -0.945. The monoisotopic (exact) mass is 458 g/mol. The minimum Gasteiger partial charge on any atom is -0.439 e. The number of rotatable bonds is 6. The molecule has 4 heterocycles. The second-order valence-electron chi connectivity index (χ2n) is 8.39. The van der Waals surface area contributed by atoms with Crippen molar-refractivity contribution in [2.45, 2.75) is 19.6 Å². The number of hydrogen-bond donors (Lipinski definition) is 2. The van der Waals surface area contributed by atoms with Crippen molar-refractivity contribution in [1.82, 2.24) is 30.0 Å². The number of carbonyl (C=O) groups excluding carboxylic acids is 1. The van der Waals surface area contributed by atoms with Gasteiger partial charge in [-0.05, 0) is 43.3 Å². The van der Waals surface area contributed by atoms with Crippen LogP contribution in [-0.4, -0.2) is 73.3 Å². The van der Waals surface area contributed by atoms with Gasteiger partial charge in [0.05, 0.1) is 16.9 Å². The third-order valence-corrected chi connectivity index (χ3v) is 5.92. The lowest BCUT2D eigenvalue weighted by Crippen LogP contribution is -2.50. The van der Waals surface area contributed by atoms with Gasteiger partial charge in [0.25, 0.3) is 5.91 Å². The van der Waals surface area contributed by atoms with Crippen LogP contribution in [0.2, 0.25) is 0 Å². The lowest BCUT2D eigenvalue weighted by atomic mass is 10.2. The summed E-state index contributed by atoms with van der Waals surface area (Å²) in [6.45, 7) is 4.99. The summed E-state index contributed by atoms with van der Waals surface area (Å²) in [4.78, 5) is 25.1. The molecule has 9 nitrogen and oxygen atoms in total. The number of aliphatic hydroxyl groups excluding tert-OH is 1. The summed E-state index contributed by atoms with van der Waals surface area (Å²) in [7, 11) is 0. The molecule has 3 aromatic heterocycles. The zero-order valence-electron chi connectivity index (χ0n) is 18.9. The van der Waals surface area contributed by atoms with E-state index in [0.29, 0.717) is 24.7 Å². The molecular weight excluding hydrogens is 432 g/mol. The first-order valence-corrected chi connectivity index (χ1v) is 11.3. The molecule has 0 saturated carbocycles. The molecule has 9 heteroatoms. The van der Waals surface area contributed by atoms with E-state index in [1.807, 2.05) is 48.5 Å². The summed E-state index contributed by atoms with van der Waals surface area (Å²) in [5, 5.41) is 17.4. The Morgan fingerprint density at radius 1 is 1.12 bits per heavy atom. The van der Waals surface area contributed by atoms with Gasteiger partial charge in [-0.25, -0.2) is 4.98 Å². The highest BCUT2D eigenvalue weighted by Crippen LogP contribution is 2.26. The standard InChI is InChI=1S/C25H26N6O3/c1-17(32)25(33)31-12-10-30(11-13-31)16-20-4-2-18-14-21(5-6-22(18)28-20)34-24-7-3-19(15-26-24)23-8-9-27-29-23/h2-9,14-15,17,32H,10-13,16H2,1H3,(H,27,29)/t17-/m1/s1. The molecule has 1 atom stereocenters. The van der Waals surface area contributed by atoms with Gasteiger partial charge in [-0.2, -0.15) is 5.10 Å². The molecule has 4 aromatic rings. The number of pyridine rings is 2. The number of carbonyl (C=O) groups is 1. The summed E-state index contributed by atoms with van der Waals surface area (Å²) in [6, 6.07) is 15.5. The van der Waals surface area contributed by atoms with Gasteiger partial charge in [0.1, 0.15) is 11.9 Å². The van der Waals surface area contributed by atoms with E-state index in [1.54, 1.807) is 17.3 Å². The number of amides is 1. The molecule has 0 aliphatic carbocycles. The number of piperazine rings is 1. The Balaban J connectivity index is 1.21. The number of H-pyrrole nitrogens is 1. The highest BCUT2D eigenvalue weighted by Gasteiger charge is 2.23. The molecule has 0 unspecified atom stereocenters. The zero-order valence-corrected chi connectivity index (χ0v) is 18.9. The van der Waals surface area contributed by atoms with E-state index < -0.39 is 6.10 Å². The first-order valence-electron chi connectivity index (χ1n) is 11.3. The van der Waals surface area contributed by atoms with E-state index in [9.17, 15) is 9.90 Å². The molecule has 174 valence electrons. The molecule has 1 saturated heterocycles. The van der Waals surface area contributed by atoms with Crippen molar-refractivity contribution in [2.75, 3.05) is 26.2 Å². The van der Waals surface area contributed by atoms with Crippen molar-refractivity contribution in [3.05, 3.63) is 66.6 Å². The Bertz CT molecular complexity index is 1270. The third-order valence-electron chi connectivity index (χ3n) is 5.92. The first-order chi connectivity index (χ1) is 16.5. The maximum atomic E-state index is 11.9. The van der Waals surface area contributed by atoms with Gasteiger partial charge in [0.2, 0.25) is 5.88 Å². The van der Waals surface area contributed by atoms with E-state index in [2.05, 4.69) is 20.1 Å². The van der Waals surface area contributed by atoms with Crippen LogP contribution in [0.4, 0.5) is 0 Å². The minimum absolute atomic E-state index is 0.203. The number of fused-ring (bicyclic) bond motifs is 1. The molecule has 1 aliphatic heterocycles. The second kappa shape index (κ2) is 9.58. The smallest absolute Gasteiger partial charge is 0.251 e. The topological polar surface area (TPSA) is 107 Å². The van der Waals surface area contributed by atoms with Crippen molar-refractivity contribution in [2.24, 2.45) is 0 Å². The number of ether oxygens (including phenoxy) is 1. The quantitative estimate of drug-likeness (QED) is 0.457. The third kappa shape index (κ3) is 4.90. The Hall–Kier alpha value is -3.82. The molecule has 1 aromatic carbocycles. The van der Waals surface area contributed by atoms with E-state index in [4.69, 9.17) is 9.72 Å². The molecule has 34 heavy (non-hydrogen) atoms. The predicted molar refractivity (Wildman–Crippen MR) is 127 cm³/mol. The molecule has 0 radical (unpaired) electrons. The van der Waals surface area contributed by atoms with E-state index in [-0.39, 0.29) is 5.91 Å². The number of aromatic amines is 1. The molecule has 1 aliphatic rings. The number of benzene rings is 1. The normalized spacial score (nSPS) is 15.4. The zero-order chi connectivity index (χ0) is 23.5. The van der Waals surface area contributed by atoms with Crippen LogP contribution in [0.3, 0.4) is 0 Å². The van der Waals surface area contributed by atoms with Crippen LogP contribution in [0.25, 0.3) is 22.2 Å². The van der Waals surface area contributed by atoms with Gasteiger partial charge in [-0.1, -0.05) is 6.07 Å². The molecule has 0 bridgehead atoms. The first kappa shape index (κ1) is 22.0. The van der Waals surface area contributed by atoms with Crippen LogP contribution in [0.5, 0.6) is 11.6 Å². The van der Waals surface area contributed by atoms with Crippen molar-refractivity contribution in [3.63, 3.8) is 0 Å². The fourth-order valence-electron chi connectivity index (χ4n) is 4.05. The summed E-state index contributed by atoms with van der Waals surface area (Å²) >= 11 is 0. The number of aliphatic hydroxyl groups is 1. The molecule has 0 spiro atoms. The molecular formula is C25H26N6O3. The van der Waals surface area contributed by atoms with Gasteiger partial charge < -0.3 is 14.7 Å². The Kier molecular flexibility index (Phi) is 6.20. The maximum absolute atomic E-state index is 11.9. The van der Waals surface area contributed by atoms with Crippen LogP contribution in [-0.2, 0) is 11.3 Å². The SMILES string of the molecule is C[C@@H](O)C(=O)N1CCN(Cc2ccc3cc(Oc4ccc(-c5ccn[nH]5)cn4)ccc3n2)CC1. The van der Waals surface area contributed by atoms with Crippen molar-refractivity contribution < 1.29 is 14.6 Å². The lowest BCUT2D eigenvalue weighted by Gasteiger charge is -2.35. The molecule has 2 N–H and O–H groups in total. The number of nitrogens with one attached hydrogen (secondary N) is 1. The highest BCUT2D eigenvalue weighted by atomic mass is 16.5. The Labute approximate surface area is 197 Å². The predicted octanol–water partition coefficient (Wildman–Crippen LogP) is 2.84. The summed E-state index contributed by atoms with van der Waals surface area (Å²) in [6.07, 6.45) is 2.51. The summed E-state index contributed by atoms with van der Waals surface area (Å²) < 4.78 is 5.93. The van der Waals surface area contributed by atoms with Crippen LogP contribution in [0, 0.1) is 0 Å². The van der Waals surface area contributed by atoms with E-state index >= 15 is 0 Å². The van der Waals surface area contributed by atoms with Crippen molar-refractivity contribution >= 4 is 16.8 Å². The van der Waals surface area contributed by atoms with Crippen molar-refractivity contribution in [3.8, 4) is 22.9 Å². The van der Waals surface area contributed by atoms with Crippen LogP contribution in [0.1, 0.15) is 12.6 Å². The van der Waals surface area contributed by atoms with Crippen LogP contribution in [0.15, 0.2) is 60.9 Å². The Morgan fingerprint density at radius 3 is 2.68 bits per heavy atom. The van der Waals surface area contributed by atoms with Crippen molar-refractivity contribution in [1.29, 1.82) is 0 Å². The summed E-state index contributed by atoms with van der Waals surface area (Å²) in [5.74, 6) is 1.01. The fourth-order valence-corrected chi connectivity index (χ4v) is 4.05. The van der Waals surface area contributed by atoms with Gasteiger partial charge in [0, 0.05) is 62.1 Å². The van der Waals surface area contributed by atoms with Crippen LogP contribution < -0.4 is 4.74 Å². The fraction of sp³-hybridized carbons (Fsp3) is 0.280. The Morgan fingerprint density at radius 2 is 1.97 bits per heavy atom. The average molecular weight is 459 g/mol. The van der Waals surface area contributed by atoms with E-state index in [1.165, 1.54) is 6.92 Å². The molecule has 1 amide bonds. The van der Waals surface area contributed by atoms with Gasteiger partial charge in [0.15, 0.2) is 0 Å². The molecule has 5 rings (SSSR count). The number of hydrogen-bond acceptors (Lipinski definition) is 7. The second-order valence-corrected chi connectivity index (χ2v) is 8.39. The van der Waals surface area contributed by atoms with Crippen LogP contribution >= 0.6 is 0 Å². The number of nitrogens with zero attached hydrogens (tertiary/aromatic N) is 5. The highest BCUT2D eigenvalue weighted by molar-refractivity contribution is 5.81. The molecule has 1 fully saturated rings. The maximum Gasteiger partial charge on any atom is 0.251 e. The summed E-state index contributed by atoms with van der Waals surface area (Å²) in [5.41, 5.74) is 3.72.